The van der Waals surface area contributed by atoms with Crippen molar-refractivity contribution in [3.8, 4) is 11.1 Å². The van der Waals surface area contributed by atoms with Crippen LogP contribution in [0.1, 0.15) is 27.3 Å². The van der Waals surface area contributed by atoms with E-state index >= 15 is 0 Å². The SMILES string of the molecule is CSCC[C@H](NC(=O)c1ccc(C=C(Cn2ccnc2)c2nccs2)cc1-c1cccnc1)C(=O)O. The summed E-state index contributed by atoms with van der Waals surface area (Å²) in [6.45, 7) is 0.591. The molecule has 0 radical (unpaired) electrons. The lowest BCUT2D eigenvalue weighted by Crippen LogP contribution is -2.41. The average molecular weight is 520 g/mol. The van der Waals surface area contributed by atoms with Gasteiger partial charge in [-0.2, -0.15) is 11.8 Å². The monoisotopic (exact) mass is 519 g/mol. The predicted octanol–water partition coefficient (Wildman–Crippen LogP) is 4.58. The van der Waals surface area contributed by atoms with Crippen molar-refractivity contribution >= 4 is 46.6 Å². The van der Waals surface area contributed by atoms with Gasteiger partial charge >= 0.3 is 5.97 Å². The molecule has 1 atom stereocenters. The number of nitrogens with one attached hydrogen (secondary N) is 1. The van der Waals surface area contributed by atoms with Crippen LogP contribution in [0.15, 0.2) is 73.0 Å². The second kappa shape index (κ2) is 12.3. The number of hydrogen-bond acceptors (Lipinski definition) is 7. The molecular formula is C26H25N5O3S2. The first-order chi connectivity index (χ1) is 17.5. The summed E-state index contributed by atoms with van der Waals surface area (Å²) < 4.78 is 1.97. The number of allylic oxidation sites excluding steroid dienone is 1. The first-order valence-electron chi connectivity index (χ1n) is 11.2. The molecule has 1 aromatic carbocycles. The molecule has 8 nitrogen and oxygen atoms in total. The number of benzene rings is 1. The minimum atomic E-state index is -1.05. The quantitative estimate of drug-likeness (QED) is 0.298. The zero-order valence-electron chi connectivity index (χ0n) is 19.6. The van der Waals surface area contributed by atoms with E-state index in [1.165, 1.54) is 11.8 Å². The van der Waals surface area contributed by atoms with Gasteiger partial charge in [-0.1, -0.05) is 12.1 Å². The molecule has 3 heterocycles. The minimum absolute atomic E-state index is 0.344. The number of hydrogen-bond donors (Lipinski definition) is 2. The van der Waals surface area contributed by atoms with Crippen LogP contribution in [0.2, 0.25) is 0 Å². The maximum absolute atomic E-state index is 13.2. The van der Waals surface area contributed by atoms with Crippen molar-refractivity contribution in [1.82, 2.24) is 24.8 Å². The average Bonchev–Trinajstić information content (AvgIpc) is 3.61. The number of thioether (sulfide) groups is 1. The summed E-state index contributed by atoms with van der Waals surface area (Å²) in [4.78, 5) is 37.7. The highest BCUT2D eigenvalue weighted by Crippen LogP contribution is 2.28. The van der Waals surface area contributed by atoms with E-state index < -0.39 is 17.9 Å². The van der Waals surface area contributed by atoms with E-state index in [0.717, 1.165) is 21.7 Å². The van der Waals surface area contributed by atoms with E-state index in [2.05, 4.69) is 20.3 Å². The topological polar surface area (TPSA) is 110 Å². The van der Waals surface area contributed by atoms with Crippen molar-refractivity contribution in [2.75, 3.05) is 12.0 Å². The second-order valence-electron chi connectivity index (χ2n) is 7.93. The molecule has 10 heteroatoms. The van der Waals surface area contributed by atoms with E-state index in [0.29, 0.717) is 29.8 Å². The number of carboxylic acids is 1. The van der Waals surface area contributed by atoms with Gasteiger partial charge in [0, 0.05) is 53.1 Å². The predicted molar refractivity (Wildman–Crippen MR) is 144 cm³/mol. The lowest BCUT2D eigenvalue weighted by atomic mass is 9.96. The van der Waals surface area contributed by atoms with E-state index in [4.69, 9.17) is 0 Å². The number of carbonyl (C=O) groups excluding carboxylic acids is 1. The maximum Gasteiger partial charge on any atom is 0.326 e. The molecule has 4 aromatic rings. The van der Waals surface area contributed by atoms with Gasteiger partial charge in [-0.25, -0.2) is 14.8 Å². The van der Waals surface area contributed by atoms with Gasteiger partial charge in [-0.05, 0) is 53.8 Å². The van der Waals surface area contributed by atoms with E-state index in [9.17, 15) is 14.7 Å². The number of carbonyl (C=O) groups is 2. The smallest absolute Gasteiger partial charge is 0.326 e. The first kappa shape index (κ1) is 25.3. The summed E-state index contributed by atoms with van der Waals surface area (Å²) in [7, 11) is 0. The molecule has 0 spiro atoms. The van der Waals surface area contributed by atoms with Crippen LogP contribution in [0.3, 0.4) is 0 Å². The van der Waals surface area contributed by atoms with Crippen molar-refractivity contribution < 1.29 is 14.7 Å². The summed E-state index contributed by atoms with van der Waals surface area (Å²) >= 11 is 3.09. The van der Waals surface area contributed by atoms with Gasteiger partial charge in [0.15, 0.2) is 0 Å². The Morgan fingerprint density at radius 1 is 1.22 bits per heavy atom. The lowest BCUT2D eigenvalue weighted by molar-refractivity contribution is -0.139. The molecular weight excluding hydrogens is 494 g/mol. The molecule has 2 N–H and O–H groups in total. The first-order valence-corrected chi connectivity index (χ1v) is 13.5. The molecule has 0 aliphatic carbocycles. The highest BCUT2D eigenvalue weighted by Gasteiger charge is 2.22. The molecule has 0 aliphatic heterocycles. The van der Waals surface area contributed by atoms with Gasteiger partial charge in [-0.3, -0.25) is 9.78 Å². The standard InChI is InChI=1S/C26H25N5O3S2/c1-35-11-6-23(26(33)34)30-24(32)21-5-4-18(14-22(21)19-3-2-7-27-15-19)13-20(25-29-9-12-36-25)16-31-10-8-28-17-31/h2-5,7-10,12-15,17,23H,6,11,16H2,1H3,(H,30,32)(H,33,34)/t23-/m0/s1. The Hall–Kier alpha value is -3.76. The van der Waals surface area contributed by atoms with Crippen LogP contribution in [0.25, 0.3) is 22.8 Å². The molecule has 0 saturated carbocycles. The van der Waals surface area contributed by atoms with E-state index in [1.807, 2.05) is 46.7 Å². The number of carboxylic acid groups (broad SMARTS) is 1. The van der Waals surface area contributed by atoms with Crippen LogP contribution in [0, 0.1) is 0 Å². The third kappa shape index (κ3) is 6.46. The Labute approximate surface area is 217 Å². The van der Waals surface area contributed by atoms with Crippen molar-refractivity contribution in [1.29, 1.82) is 0 Å². The number of thiazole rings is 1. The largest absolute Gasteiger partial charge is 0.480 e. The van der Waals surface area contributed by atoms with Crippen LogP contribution in [0.5, 0.6) is 0 Å². The minimum Gasteiger partial charge on any atom is -0.480 e. The number of aromatic nitrogens is 4. The van der Waals surface area contributed by atoms with Gasteiger partial charge in [0.2, 0.25) is 0 Å². The molecule has 0 saturated heterocycles. The van der Waals surface area contributed by atoms with Crippen molar-refractivity contribution in [3.63, 3.8) is 0 Å². The van der Waals surface area contributed by atoms with Gasteiger partial charge in [-0.15, -0.1) is 11.3 Å². The van der Waals surface area contributed by atoms with Crippen molar-refractivity contribution in [2.45, 2.75) is 19.0 Å². The Balaban J connectivity index is 1.72. The zero-order valence-corrected chi connectivity index (χ0v) is 21.2. The Morgan fingerprint density at radius 3 is 2.78 bits per heavy atom. The summed E-state index contributed by atoms with van der Waals surface area (Å²) in [5.74, 6) is -0.851. The highest BCUT2D eigenvalue weighted by molar-refractivity contribution is 7.98. The molecule has 0 aliphatic rings. The van der Waals surface area contributed by atoms with Gasteiger partial charge in [0.05, 0.1) is 12.9 Å². The number of pyridine rings is 1. The number of amides is 1. The Bertz CT molecular complexity index is 1320. The number of aliphatic carboxylic acids is 1. The molecule has 1 amide bonds. The normalized spacial score (nSPS) is 12.3. The molecule has 184 valence electrons. The fourth-order valence-corrected chi connectivity index (χ4v) is 4.79. The molecule has 0 fully saturated rings. The molecule has 36 heavy (non-hydrogen) atoms. The number of nitrogens with zero attached hydrogens (tertiary/aromatic N) is 4. The van der Waals surface area contributed by atoms with Crippen LogP contribution >= 0.6 is 23.1 Å². The molecule has 0 unspecified atom stereocenters. The molecule has 0 bridgehead atoms. The second-order valence-corrected chi connectivity index (χ2v) is 9.81. The fraction of sp³-hybridized carbons (Fsp3) is 0.192. The van der Waals surface area contributed by atoms with Gasteiger partial charge in [0.1, 0.15) is 11.0 Å². The lowest BCUT2D eigenvalue weighted by Gasteiger charge is -2.16. The highest BCUT2D eigenvalue weighted by atomic mass is 32.2. The van der Waals surface area contributed by atoms with Gasteiger partial charge in [0.25, 0.3) is 5.91 Å². The van der Waals surface area contributed by atoms with Gasteiger partial charge < -0.3 is 15.0 Å². The van der Waals surface area contributed by atoms with E-state index in [1.54, 1.807) is 54.6 Å². The number of rotatable bonds is 11. The third-order valence-corrected chi connectivity index (χ3v) is 6.93. The summed E-state index contributed by atoms with van der Waals surface area (Å²) in [6, 6.07) is 8.23. The maximum atomic E-state index is 13.2. The fourth-order valence-electron chi connectivity index (χ4n) is 3.67. The van der Waals surface area contributed by atoms with Crippen molar-refractivity contribution in [2.24, 2.45) is 0 Å². The zero-order chi connectivity index (χ0) is 25.3. The van der Waals surface area contributed by atoms with Crippen LogP contribution in [-0.4, -0.2) is 54.6 Å². The van der Waals surface area contributed by atoms with Crippen LogP contribution < -0.4 is 5.32 Å². The van der Waals surface area contributed by atoms with Crippen LogP contribution in [0.4, 0.5) is 0 Å². The van der Waals surface area contributed by atoms with Crippen molar-refractivity contribution in [3.05, 3.63) is 89.2 Å². The summed E-state index contributed by atoms with van der Waals surface area (Å²) in [6.07, 6.45) is 14.8. The third-order valence-electron chi connectivity index (χ3n) is 5.43. The summed E-state index contributed by atoms with van der Waals surface area (Å²) in [5, 5.41) is 15.1. The Morgan fingerprint density at radius 2 is 2.11 bits per heavy atom. The van der Waals surface area contributed by atoms with E-state index in [-0.39, 0.29) is 0 Å². The molecule has 4 rings (SSSR count). The van der Waals surface area contributed by atoms with Crippen LogP contribution in [-0.2, 0) is 11.3 Å². The Kier molecular flexibility index (Phi) is 8.64. The number of imidazole rings is 1. The summed E-state index contributed by atoms with van der Waals surface area (Å²) in [5.41, 5.74) is 3.71. The molecule has 3 aromatic heterocycles.